The van der Waals surface area contributed by atoms with E-state index in [-0.39, 0.29) is 11.9 Å². The zero-order valence-corrected chi connectivity index (χ0v) is 8.58. The number of fused-ring (bicyclic) bond motifs is 4. The van der Waals surface area contributed by atoms with Crippen LogP contribution in [0.2, 0.25) is 0 Å². The first-order chi connectivity index (χ1) is 6.81. The van der Waals surface area contributed by atoms with E-state index < -0.39 is 0 Å². The smallest absolute Gasteiger partial charge is 0.309 e. The predicted octanol–water partition coefficient (Wildman–Crippen LogP) is 2.30. The van der Waals surface area contributed by atoms with Gasteiger partial charge in [-0.1, -0.05) is 11.1 Å². The van der Waals surface area contributed by atoms with E-state index in [4.69, 9.17) is 4.74 Å². The van der Waals surface area contributed by atoms with Gasteiger partial charge in [0.25, 0.3) is 0 Å². The van der Waals surface area contributed by atoms with Crippen LogP contribution in [-0.2, 0) is 9.53 Å². The minimum Gasteiger partial charge on any atom is -0.469 e. The summed E-state index contributed by atoms with van der Waals surface area (Å²) in [5.74, 6) is 1.58. The molecule has 0 aliphatic heterocycles. The number of esters is 1. The van der Waals surface area contributed by atoms with Crippen molar-refractivity contribution in [2.75, 3.05) is 7.11 Å². The lowest BCUT2D eigenvalue weighted by Gasteiger charge is -2.24. The van der Waals surface area contributed by atoms with Crippen molar-refractivity contribution in [3.05, 3.63) is 11.1 Å². The molecule has 2 fully saturated rings. The lowest BCUT2D eigenvalue weighted by Crippen LogP contribution is -2.26. The molecule has 3 unspecified atom stereocenters. The molecule has 0 radical (unpaired) electrons. The molecule has 3 rings (SSSR count). The van der Waals surface area contributed by atoms with Gasteiger partial charge in [-0.15, -0.1) is 0 Å². The fraction of sp³-hybridized carbons (Fsp3) is 0.750. The van der Waals surface area contributed by atoms with Crippen molar-refractivity contribution < 1.29 is 9.53 Å². The lowest BCUT2D eigenvalue weighted by molar-refractivity contribution is -0.147. The first-order valence-electron chi connectivity index (χ1n) is 5.60. The Bertz CT molecular complexity index is 316. The molecule has 2 bridgehead atoms. The number of ether oxygens (including phenoxy) is 1. The van der Waals surface area contributed by atoms with Gasteiger partial charge >= 0.3 is 5.97 Å². The first-order valence-corrected chi connectivity index (χ1v) is 5.60. The normalized spacial score (nSPS) is 39.1. The maximum absolute atomic E-state index is 11.5. The second-order valence-corrected chi connectivity index (χ2v) is 4.83. The topological polar surface area (TPSA) is 26.3 Å². The Labute approximate surface area is 84.3 Å². The summed E-state index contributed by atoms with van der Waals surface area (Å²) in [6.07, 6.45) is 6.16. The van der Waals surface area contributed by atoms with Crippen LogP contribution in [0.25, 0.3) is 0 Å². The SMILES string of the molecule is COC(=O)C1CC2=C3CCCC3C1C2. The predicted molar refractivity (Wildman–Crippen MR) is 52.6 cm³/mol. The highest BCUT2D eigenvalue weighted by atomic mass is 16.5. The summed E-state index contributed by atoms with van der Waals surface area (Å²) in [6, 6.07) is 0. The number of carbonyl (C=O) groups excluding carboxylic acids is 1. The molecule has 0 saturated heterocycles. The molecule has 0 amide bonds. The van der Waals surface area contributed by atoms with Crippen molar-refractivity contribution in [1.82, 2.24) is 0 Å². The fourth-order valence-electron chi connectivity index (χ4n) is 3.80. The van der Waals surface area contributed by atoms with Crippen LogP contribution in [-0.4, -0.2) is 13.1 Å². The maximum atomic E-state index is 11.5. The number of carbonyl (C=O) groups is 1. The molecule has 0 aromatic rings. The monoisotopic (exact) mass is 192 g/mol. The molecule has 14 heavy (non-hydrogen) atoms. The standard InChI is InChI=1S/C12H16O2/c1-14-12(13)11-6-7-5-10(11)9-4-2-3-8(7)9/h9-11H,2-6H2,1H3. The number of allylic oxidation sites excluding steroid dienone is 2. The Morgan fingerprint density at radius 2 is 2.29 bits per heavy atom. The van der Waals surface area contributed by atoms with Gasteiger partial charge in [0.2, 0.25) is 0 Å². The van der Waals surface area contributed by atoms with Gasteiger partial charge in [0.1, 0.15) is 0 Å². The third-order valence-electron chi connectivity index (χ3n) is 4.35. The Balaban J connectivity index is 1.88. The van der Waals surface area contributed by atoms with Crippen molar-refractivity contribution in [3.8, 4) is 0 Å². The van der Waals surface area contributed by atoms with Crippen LogP contribution in [0.4, 0.5) is 0 Å². The van der Waals surface area contributed by atoms with Crippen molar-refractivity contribution in [1.29, 1.82) is 0 Å². The molecule has 2 saturated carbocycles. The van der Waals surface area contributed by atoms with Crippen molar-refractivity contribution in [2.24, 2.45) is 17.8 Å². The zero-order valence-electron chi connectivity index (χ0n) is 8.58. The first kappa shape index (κ1) is 8.51. The Kier molecular flexibility index (Phi) is 1.73. The van der Waals surface area contributed by atoms with Crippen molar-refractivity contribution >= 4 is 5.97 Å². The van der Waals surface area contributed by atoms with Crippen LogP contribution in [0.1, 0.15) is 32.1 Å². The number of rotatable bonds is 1. The van der Waals surface area contributed by atoms with E-state index >= 15 is 0 Å². The van der Waals surface area contributed by atoms with Gasteiger partial charge in [0.05, 0.1) is 13.0 Å². The summed E-state index contributed by atoms with van der Waals surface area (Å²) in [4.78, 5) is 11.5. The van der Waals surface area contributed by atoms with E-state index in [1.807, 2.05) is 0 Å². The van der Waals surface area contributed by atoms with Crippen LogP contribution in [0.3, 0.4) is 0 Å². The quantitative estimate of drug-likeness (QED) is 0.470. The van der Waals surface area contributed by atoms with Crippen molar-refractivity contribution in [2.45, 2.75) is 32.1 Å². The zero-order chi connectivity index (χ0) is 9.71. The molecule has 3 aliphatic rings. The average molecular weight is 192 g/mol. The molecule has 0 heterocycles. The van der Waals surface area contributed by atoms with E-state index in [1.165, 1.54) is 32.8 Å². The fourth-order valence-corrected chi connectivity index (χ4v) is 3.80. The third kappa shape index (κ3) is 0.943. The maximum Gasteiger partial charge on any atom is 0.309 e. The molecule has 2 nitrogen and oxygen atoms in total. The number of hydrogen-bond acceptors (Lipinski definition) is 2. The second-order valence-electron chi connectivity index (χ2n) is 4.83. The number of methoxy groups -OCH3 is 1. The molecule has 0 spiro atoms. The molecule has 2 heteroatoms. The van der Waals surface area contributed by atoms with E-state index in [0.29, 0.717) is 5.92 Å². The summed E-state index contributed by atoms with van der Waals surface area (Å²) in [6.45, 7) is 0. The van der Waals surface area contributed by atoms with Crippen molar-refractivity contribution in [3.63, 3.8) is 0 Å². The highest BCUT2D eigenvalue weighted by Crippen LogP contribution is 2.57. The summed E-state index contributed by atoms with van der Waals surface area (Å²) < 4.78 is 4.87. The number of hydrogen-bond donors (Lipinski definition) is 0. The molecule has 3 aliphatic carbocycles. The van der Waals surface area contributed by atoms with E-state index in [2.05, 4.69) is 0 Å². The Morgan fingerprint density at radius 3 is 3.07 bits per heavy atom. The van der Waals surface area contributed by atoms with Crippen LogP contribution in [0.15, 0.2) is 11.1 Å². The van der Waals surface area contributed by atoms with Gasteiger partial charge in [0.15, 0.2) is 0 Å². The van der Waals surface area contributed by atoms with Crippen LogP contribution >= 0.6 is 0 Å². The highest BCUT2D eigenvalue weighted by molar-refractivity contribution is 5.74. The molecule has 0 aromatic carbocycles. The van der Waals surface area contributed by atoms with E-state index in [1.54, 1.807) is 11.1 Å². The Morgan fingerprint density at radius 1 is 1.43 bits per heavy atom. The van der Waals surface area contributed by atoms with E-state index in [0.717, 1.165) is 12.3 Å². The minimum atomic E-state index is 0.0240. The summed E-state index contributed by atoms with van der Waals surface area (Å²) in [7, 11) is 1.51. The van der Waals surface area contributed by atoms with Crippen LogP contribution in [0.5, 0.6) is 0 Å². The van der Waals surface area contributed by atoms with Crippen LogP contribution < -0.4 is 0 Å². The van der Waals surface area contributed by atoms with Gasteiger partial charge in [-0.2, -0.15) is 0 Å². The Hall–Kier alpha value is -0.790. The van der Waals surface area contributed by atoms with E-state index in [9.17, 15) is 4.79 Å². The molecule has 0 aromatic heterocycles. The van der Waals surface area contributed by atoms with Gasteiger partial charge in [-0.25, -0.2) is 0 Å². The summed E-state index contributed by atoms with van der Waals surface area (Å²) in [5, 5.41) is 0. The van der Waals surface area contributed by atoms with Gasteiger partial charge in [-0.05, 0) is 43.9 Å². The minimum absolute atomic E-state index is 0.0240. The summed E-state index contributed by atoms with van der Waals surface area (Å²) in [5.41, 5.74) is 3.32. The lowest BCUT2D eigenvalue weighted by atomic mass is 9.81. The van der Waals surface area contributed by atoms with Gasteiger partial charge in [0, 0.05) is 0 Å². The third-order valence-corrected chi connectivity index (χ3v) is 4.35. The van der Waals surface area contributed by atoms with Gasteiger partial charge < -0.3 is 4.74 Å². The molecular formula is C12H16O2. The molecular weight excluding hydrogens is 176 g/mol. The summed E-state index contributed by atoms with van der Waals surface area (Å²) >= 11 is 0. The second kappa shape index (κ2) is 2.85. The van der Waals surface area contributed by atoms with Gasteiger partial charge in [-0.3, -0.25) is 4.79 Å². The molecule has 0 N–H and O–H groups in total. The largest absolute Gasteiger partial charge is 0.469 e. The van der Waals surface area contributed by atoms with Crippen LogP contribution in [0, 0.1) is 17.8 Å². The average Bonchev–Trinajstić information content (AvgIpc) is 2.86. The highest BCUT2D eigenvalue weighted by Gasteiger charge is 2.49. The molecule has 3 atom stereocenters. The molecule has 76 valence electrons.